The SMILES string of the molecule is CC.CC.O=c1ccc(Cc2ccccc2)cn1-c1ccccc1. The fraction of sp³-hybridized carbons (Fsp3) is 0.227. The van der Waals surface area contributed by atoms with Gasteiger partial charge in [0.1, 0.15) is 0 Å². The van der Waals surface area contributed by atoms with E-state index in [1.165, 1.54) is 5.56 Å². The van der Waals surface area contributed by atoms with Crippen LogP contribution in [0.5, 0.6) is 0 Å². The molecule has 2 heteroatoms. The predicted octanol–water partition coefficient (Wildman–Crippen LogP) is 5.48. The lowest BCUT2D eigenvalue weighted by Gasteiger charge is -2.08. The number of benzene rings is 2. The van der Waals surface area contributed by atoms with E-state index in [1.807, 2.05) is 88.5 Å². The molecule has 1 heterocycles. The highest BCUT2D eigenvalue weighted by molar-refractivity contribution is 5.34. The molecule has 0 aliphatic carbocycles. The van der Waals surface area contributed by atoms with Gasteiger partial charge in [0.25, 0.3) is 5.56 Å². The van der Waals surface area contributed by atoms with Crippen molar-refractivity contribution in [3.8, 4) is 5.69 Å². The number of hydrogen-bond acceptors (Lipinski definition) is 1. The van der Waals surface area contributed by atoms with Gasteiger partial charge in [0.2, 0.25) is 0 Å². The lowest BCUT2D eigenvalue weighted by Crippen LogP contribution is -2.17. The molecule has 0 amide bonds. The summed E-state index contributed by atoms with van der Waals surface area (Å²) in [5, 5.41) is 0. The van der Waals surface area contributed by atoms with E-state index in [2.05, 4.69) is 12.1 Å². The second-order valence-electron chi connectivity index (χ2n) is 4.74. The molecular weight excluding hydrogens is 294 g/mol. The van der Waals surface area contributed by atoms with Gasteiger partial charge in [-0.1, -0.05) is 82.3 Å². The van der Waals surface area contributed by atoms with Crippen LogP contribution in [0, 0.1) is 0 Å². The molecule has 2 aromatic carbocycles. The summed E-state index contributed by atoms with van der Waals surface area (Å²) in [4.78, 5) is 12.0. The lowest BCUT2D eigenvalue weighted by atomic mass is 10.1. The maximum Gasteiger partial charge on any atom is 0.255 e. The van der Waals surface area contributed by atoms with Crippen molar-refractivity contribution in [1.82, 2.24) is 4.57 Å². The third kappa shape index (κ3) is 5.54. The molecule has 0 N–H and O–H groups in total. The molecular formula is C22H27NO. The van der Waals surface area contributed by atoms with E-state index < -0.39 is 0 Å². The van der Waals surface area contributed by atoms with Crippen LogP contribution in [0.2, 0.25) is 0 Å². The average Bonchev–Trinajstić information content (AvgIpc) is 2.68. The first kappa shape index (κ1) is 19.4. The van der Waals surface area contributed by atoms with Crippen LogP contribution in [0.3, 0.4) is 0 Å². The fourth-order valence-electron chi connectivity index (χ4n) is 2.26. The van der Waals surface area contributed by atoms with Gasteiger partial charge in [-0.05, 0) is 29.7 Å². The minimum absolute atomic E-state index is 0.00647. The summed E-state index contributed by atoms with van der Waals surface area (Å²) >= 11 is 0. The van der Waals surface area contributed by atoms with Crippen molar-refractivity contribution in [3.63, 3.8) is 0 Å². The van der Waals surface area contributed by atoms with E-state index >= 15 is 0 Å². The maximum atomic E-state index is 12.0. The number of para-hydroxylation sites is 1. The van der Waals surface area contributed by atoms with Gasteiger partial charge in [0.15, 0.2) is 0 Å². The number of aromatic nitrogens is 1. The van der Waals surface area contributed by atoms with Crippen LogP contribution < -0.4 is 5.56 Å². The highest BCUT2D eigenvalue weighted by Gasteiger charge is 2.02. The van der Waals surface area contributed by atoms with Gasteiger partial charge in [0, 0.05) is 18.0 Å². The summed E-state index contributed by atoms with van der Waals surface area (Å²) in [5.74, 6) is 0. The smallest absolute Gasteiger partial charge is 0.255 e. The summed E-state index contributed by atoms with van der Waals surface area (Å²) in [7, 11) is 0. The Labute approximate surface area is 145 Å². The number of pyridine rings is 1. The van der Waals surface area contributed by atoms with Crippen molar-refractivity contribution in [2.75, 3.05) is 0 Å². The van der Waals surface area contributed by atoms with Gasteiger partial charge < -0.3 is 0 Å². The van der Waals surface area contributed by atoms with E-state index in [0.717, 1.165) is 17.7 Å². The van der Waals surface area contributed by atoms with Gasteiger partial charge in [-0.25, -0.2) is 0 Å². The van der Waals surface area contributed by atoms with E-state index in [1.54, 1.807) is 10.6 Å². The zero-order valence-corrected chi connectivity index (χ0v) is 15.1. The molecule has 3 rings (SSSR count). The van der Waals surface area contributed by atoms with Gasteiger partial charge in [-0.3, -0.25) is 9.36 Å². The molecule has 0 saturated heterocycles. The molecule has 126 valence electrons. The van der Waals surface area contributed by atoms with Crippen LogP contribution in [0.4, 0.5) is 0 Å². The average molecular weight is 321 g/mol. The van der Waals surface area contributed by atoms with Crippen LogP contribution >= 0.6 is 0 Å². The molecule has 0 radical (unpaired) electrons. The van der Waals surface area contributed by atoms with Crippen molar-refractivity contribution in [3.05, 3.63) is 100 Å². The minimum Gasteiger partial charge on any atom is -0.284 e. The van der Waals surface area contributed by atoms with Crippen LogP contribution in [0.1, 0.15) is 38.8 Å². The molecule has 1 aromatic heterocycles. The normalized spacial score (nSPS) is 9.17. The Morgan fingerprint density at radius 3 is 1.79 bits per heavy atom. The van der Waals surface area contributed by atoms with Crippen LogP contribution in [-0.4, -0.2) is 4.57 Å². The van der Waals surface area contributed by atoms with Gasteiger partial charge >= 0.3 is 0 Å². The molecule has 0 saturated carbocycles. The summed E-state index contributed by atoms with van der Waals surface area (Å²) in [6.07, 6.45) is 2.75. The highest BCUT2D eigenvalue weighted by atomic mass is 16.1. The molecule has 0 atom stereocenters. The molecule has 0 spiro atoms. The van der Waals surface area contributed by atoms with Crippen LogP contribution in [-0.2, 0) is 6.42 Å². The standard InChI is InChI=1S/C18H15NO.2C2H6/c20-18-12-11-16(13-15-7-3-1-4-8-15)14-19(18)17-9-5-2-6-10-17;2*1-2/h1-12,14H,13H2;2*1-2H3. The Bertz CT molecular complexity index is 746. The van der Waals surface area contributed by atoms with Crippen molar-refractivity contribution in [2.24, 2.45) is 0 Å². The Hall–Kier alpha value is -2.61. The zero-order valence-electron chi connectivity index (χ0n) is 15.1. The molecule has 2 nitrogen and oxygen atoms in total. The molecule has 0 fully saturated rings. The molecule has 0 unspecified atom stereocenters. The summed E-state index contributed by atoms with van der Waals surface area (Å²) in [5.41, 5.74) is 3.26. The number of rotatable bonds is 3. The van der Waals surface area contributed by atoms with E-state index in [4.69, 9.17) is 0 Å². The zero-order chi connectivity index (χ0) is 17.8. The van der Waals surface area contributed by atoms with Crippen LogP contribution in [0.15, 0.2) is 83.8 Å². The van der Waals surface area contributed by atoms with Crippen molar-refractivity contribution < 1.29 is 0 Å². The Morgan fingerprint density at radius 2 is 1.21 bits per heavy atom. The van der Waals surface area contributed by atoms with Gasteiger partial charge in [0.05, 0.1) is 0 Å². The maximum absolute atomic E-state index is 12.0. The van der Waals surface area contributed by atoms with Gasteiger partial charge in [-0.2, -0.15) is 0 Å². The third-order valence-electron chi connectivity index (χ3n) is 3.26. The molecule has 0 aliphatic rings. The van der Waals surface area contributed by atoms with Crippen molar-refractivity contribution in [2.45, 2.75) is 34.1 Å². The Balaban J connectivity index is 0.000000671. The Kier molecular flexibility index (Phi) is 8.91. The van der Waals surface area contributed by atoms with Gasteiger partial charge in [-0.15, -0.1) is 0 Å². The first-order valence-corrected chi connectivity index (χ1v) is 8.64. The molecule has 0 aliphatic heterocycles. The number of hydrogen-bond donors (Lipinski definition) is 0. The first-order valence-electron chi connectivity index (χ1n) is 8.64. The van der Waals surface area contributed by atoms with Crippen LogP contribution in [0.25, 0.3) is 5.69 Å². The largest absolute Gasteiger partial charge is 0.284 e. The fourth-order valence-corrected chi connectivity index (χ4v) is 2.26. The predicted molar refractivity (Wildman–Crippen MR) is 104 cm³/mol. The molecule has 3 aromatic rings. The summed E-state index contributed by atoms with van der Waals surface area (Å²) in [6.45, 7) is 8.00. The molecule has 24 heavy (non-hydrogen) atoms. The monoisotopic (exact) mass is 321 g/mol. The highest BCUT2D eigenvalue weighted by Crippen LogP contribution is 2.10. The second-order valence-corrected chi connectivity index (χ2v) is 4.74. The Morgan fingerprint density at radius 1 is 0.667 bits per heavy atom. The summed E-state index contributed by atoms with van der Waals surface area (Å²) in [6, 6.07) is 23.5. The van der Waals surface area contributed by atoms with Crippen molar-refractivity contribution >= 4 is 0 Å². The molecule has 0 bridgehead atoms. The quantitative estimate of drug-likeness (QED) is 0.626. The third-order valence-corrected chi connectivity index (χ3v) is 3.26. The first-order chi connectivity index (χ1) is 11.8. The van der Waals surface area contributed by atoms with E-state index in [-0.39, 0.29) is 5.56 Å². The van der Waals surface area contributed by atoms with Crippen molar-refractivity contribution in [1.29, 1.82) is 0 Å². The number of nitrogens with zero attached hydrogens (tertiary/aromatic N) is 1. The van der Waals surface area contributed by atoms with E-state index in [0.29, 0.717) is 0 Å². The topological polar surface area (TPSA) is 22.0 Å². The van der Waals surface area contributed by atoms with E-state index in [9.17, 15) is 4.79 Å². The second kappa shape index (κ2) is 11.0. The minimum atomic E-state index is -0.00647. The summed E-state index contributed by atoms with van der Waals surface area (Å²) < 4.78 is 1.69. The lowest BCUT2D eigenvalue weighted by molar-refractivity contribution is 0.961.